The number of pyridine rings is 1. The van der Waals surface area contributed by atoms with Crippen molar-refractivity contribution < 1.29 is 23.9 Å². The SMILES string of the molecule is CC(=O)Nc1nc2c(s1)C(=O)C(C(=O)c1ccc(N(C)C(=O)OC(C)(C)C)nc1)CCC2. The fourth-order valence-corrected chi connectivity index (χ4v) is 4.34. The number of anilines is 2. The zero-order valence-corrected chi connectivity index (χ0v) is 19.5. The molecule has 10 heteroatoms. The third-order valence-electron chi connectivity index (χ3n) is 4.79. The lowest BCUT2D eigenvalue weighted by molar-refractivity contribution is -0.114. The van der Waals surface area contributed by atoms with Crippen molar-refractivity contribution in [3.05, 3.63) is 34.5 Å². The van der Waals surface area contributed by atoms with Crippen LogP contribution in [0.4, 0.5) is 15.7 Å². The fraction of sp³-hybridized carbons (Fsp3) is 0.455. The van der Waals surface area contributed by atoms with E-state index >= 15 is 0 Å². The average Bonchev–Trinajstić information content (AvgIpc) is 3.03. The highest BCUT2D eigenvalue weighted by molar-refractivity contribution is 7.17. The molecule has 0 fully saturated rings. The van der Waals surface area contributed by atoms with Crippen molar-refractivity contribution in [1.82, 2.24) is 9.97 Å². The molecule has 0 saturated carbocycles. The number of ketones is 2. The Hall–Kier alpha value is -3.14. The van der Waals surface area contributed by atoms with Crippen LogP contribution in [0.5, 0.6) is 0 Å². The fourth-order valence-electron chi connectivity index (χ4n) is 3.29. The molecule has 2 aromatic rings. The van der Waals surface area contributed by atoms with Gasteiger partial charge in [-0.05, 0) is 52.2 Å². The summed E-state index contributed by atoms with van der Waals surface area (Å²) in [6, 6.07) is 3.10. The van der Waals surface area contributed by atoms with Gasteiger partial charge < -0.3 is 10.1 Å². The number of nitrogens with zero attached hydrogens (tertiary/aromatic N) is 3. The van der Waals surface area contributed by atoms with Crippen LogP contribution >= 0.6 is 11.3 Å². The summed E-state index contributed by atoms with van der Waals surface area (Å²) in [4.78, 5) is 59.9. The second-order valence-electron chi connectivity index (χ2n) is 8.59. The molecule has 170 valence electrons. The second-order valence-corrected chi connectivity index (χ2v) is 9.59. The standard InChI is InChI=1S/C22H26N4O5S/c1-12(27)24-20-25-15-8-6-7-14(18(29)19(15)32-20)17(28)13-9-10-16(23-11-13)26(5)21(30)31-22(2,3)4/h9-11,14H,6-8H2,1-5H3,(H,24,25,27). The summed E-state index contributed by atoms with van der Waals surface area (Å²) < 4.78 is 5.32. The molecule has 2 aromatic heterocycles. The van der Waals surface area contributed by atoms with Gasteiger partial charge in [-0.25, -0.2) is 14.8 Å². The predicted octanol–water partition coefficient (Wildman–Crippen LogP) is 3.89. The number of ether oxygens (including phenoxy) is 1. The number of hydrogen-bond donors (Lipinski definition) is 1. The van der Waals surface area contributed by atoms with Crippen LogP contribution in [0.25, 0.3) is 0 Å². The first kappa shape index (κ1) is 23.5. The molecule has 0 aromatic carbocycles. The highest BCUT2D eigenvalue weighted by Crippen LogP contribution is 2.33. The zero-order chi connectivity index (χ0) is 23.6. The quantitative estimate of drug-likeness (QED) is 0.419. The van der Waals surface area contributed by atoms with Crippen LogP contribution < -0.4 is 10.2 Å². The minimum absolute atomic E-state index is 0.267. The number of amides is 2. The van der Waals surface area contributed by atoms with Gasteiger partial charge in [0.2, 0.25) is 5.91 Å². The minimum atomic E-state index is -0.835. The molecule has 1 N–H and O–H groups in total. The van der Waals surface area contributed by atoms with E-state index in [0.717, 1.165) is 11.3 Å². The smallest absolute Gasteiger partial charge is 0.415 e. The lowest BCUT2D eigenvalue weighted by Gasteiger charge is -2.24. The summed E-state index contributed by atoms with van der Waals surface area (Å²) in [7, 11) is 1.53. The monoisotopic (exact) mass is 458 g/mol. The van der Waals surface area contributed by atoms with Crippen LogP contribution in [-0.2, 0) is 16.0 Å². The lowest BCUT2D eigenvalue weighted by atomic mass is 9.91. The molecule has 0 spiro atoms. The van der Waals surface area contributed by atoms with E-state index in [9.17, 15) is 19.2 Å². The van der Waals surface area contributed by atoms with E-state index in [1.165, 1.54) is 25.1 Å². The molecular formula is C22H26N4O5S. The summed E-state index contributed by atoms with van der Waals surface area (Å²) in [6.07, 6.45) is 2.42. The van der Waals surface area contributed by atoms with Crippen molar-refractivity contribution in [2.75, 3.05) is 17.3 Å². The van der Waals surface area contributed by atoms with Gasteiger partial charge in [-0.1, -0.05) is 11.3 Å². The van der Waals surface area contributed by atoms with Gasteiger partial charge in [-0.15, -0.1) is 0 Å². The molecule has 1 atom stereocenters. The Kier molecular flexibility index (Phi) is 6.73. The normalized spacial score (nSPS) is 16.0. The number of fused-ring (bicyclic) bond motifs is 1. The largest absolute Gasteiger partial charge is 0.443 e. The molecule has 0 aliphatic heterocycles. The van der Waals surface area contributed by atoms with Gasteiger partial charge in [0.05, 0.1) is 16.5 Å². The molecule has 0 bridgehead atoms. The molecule has 32 heavy (non-hydrogen) atoms. The van der Waals surface area contributed by atoms with Gasteiger partial charge in [0, 0.05) is 25.7 Å². The van der Waals surface area contributed by atoms with Crippen LogP contribution in [0.15, 0.2) is 18.3 Å². The molecule has 1 unspecified atom stereocenters. The van der Waals surface area contributed by atoms with Crippen molar-refractivity contribution in [2.45, 2.75) is 52.6 Å². The first-order chi connectivity index (χ1) is 15.0. The number of aromatic nitrogens is 2. The topological polar surface area (TPSA) is 119 Å². The predicted molar refractivity (Wildman–Crippen MR) is 120 cm³/mol. The summed E-state index contributed by atoms with van der Waals surface area (Å²) in [5, 5.41) is 2.96. The third kappa shape index (κ3) is 5.37. The van der Waals surface area contributed by atoms with Gasteiger partial charge in [-0.2, -0.15) is 0 Å². The molecule has 0 radical (unpaired) electrons. The number of thiazole rings is 1. The van der Waals surface area contributed by atoms with Gasteiger partial charge in [0.1, 0.15) is 11.4 Å². The van der Waals surface area contributed by atoms with Crippen LogP contribution in [0.3, 0.4) is 0 Å². The number of aryl methyl sites for hydroxylation is 1. The average molecular weight is 459 g/mol. The van der Waals surface area contributed by atoms with Gasteiger partial charge >= 0.3 is 6.09 Å². The first-order valence-corrected chi connectivity index (χ1v) is 11.1. The van der Waals surface area contributed by atoms with Crippen LogP contribution in [0.1, 0.15) is 66.3 Å². The molecule has 1 aliphatic rings. The van der Waals surface area contributed by atoms with Crippen molar-refractivity contribution in [2.24, 2.45) is 5.92 Å². The molecule has 2 heterocycles. The summed E-state index contributed by atoms with van der Waals surface area (Å²) >= 11 is 1.10. The summed E-state index contributed by atoms with van der Waals surface area (Å²) in [6.45, 7) is 6.68. The molecule has 0 saturated heterocycles. The van der Waals surface area contributed by atoms with E-state index < -0.39 is 17.6 Å². The zero-order valence-electron chi connectivity index (χ0n) is 18.7. The Bertz CT molecular complexity index is 1060. The highest BCUT2D eigenvalue weighted by atomic mass is 32.1. The van der Waals surface area contributed by atoms with Gasteiger partial charge in [0.25, 0.3) is 0 Å². The maximum atomic E-state index is 13.1. The van der Waals surface area contributed by atoms with E-state index in [-0.39, 0.29) is 17.5 Å². The Labute approximate surface area is 190 Å². The minimum Gasteiger partial charge on any atom is -0.443 e. The Balaban J connectivity index is 1.77. The van der Waals surface area contributed by atoms with E-state index in [1.807, 2.05) is 0 Å². The maximum absolute atomic E-state index is 13.1. The van der Waals surface area contributed by atoms with Gasteiger partial charge in [0.15, 0.2) is 16.7 Å². The van der Waals surface area contributed by atoms with Gasteiger partial charge in [-0.3, -0.25) is 19.3 Å². The van der Waals surface area contributed by atoms with E-state index in [1.54, 1.807) is 32.9 Å². The van der Waals surface area contributed by atoms with E-state index in [4.69, 9.17) is 4.74 Å². The Morgan fingerprint density at radius 2 is 1.97 bits per heavy atom. The number of hydrogen-bond acceptors (Lipinski definition) is 8. The van der Waals surface area contributed by atoms with Crippen LogP contribution in [-0.4, -0.2) is 46.2 Å². The summed E-state index contributed by atoms with van der Waals surface area (Å²) in [5.74, 6) is -1.38. The van der Waals surface area contributed by atoms with Crippen molar-refractivity contribution >= 4 is 45.9 Å². The van der Waals surface area contributed by atoms with E-state index in [0.29, 0.717) is 46.3 Å². The molecular weight excluding hydrogens is 432 g/mol. The third-order valence-corrected chi connectivity index (χ3v) is 5.81. The van der Waals surface area contributed by atoms with Crippen molar-refractivity contribution in [1.29, 1.82) is 0 Å². The molecule has 1 aliphatic carbocycles. The number of carbonyl (C=O) groups is 4. The maximum Gasteiger partial charge on any atom is 0.415 e. The first-order valence-electron chi connectivity index (χ1n) is 10.2. The molecule has 2 amide bonds. The lowest BCUT2D eigenvalue weighted by Crippen LogP contribution is -2.34. The van der Waals surface area contributed by atoms with Crippen molar-refractivity contribution in [3.63, 3.8) is 0 Å². The van der Waals surface area contributed by atoms with Crippen LogP contribution in [0.2, 0.25) is 0 Å². The number of rotatable bonds is 4. The Morgan fingerprint density at radius 1 is 1.25 bits per heavy atom. The second kappa shape index (κ2) is 9.15. The van der Waals surface area contributed by atoms with Crippen LogP contribution in [0, 0.1) is 5.92 Å². The number of nitrogens with one attached hydrogen (secondary N) is 1. The van der Waals surface area contributed by atoms with E-state index in [2.05, 4.69) is 15.3 Å². The van der Waals surface area contributed by atoms with Crippen molar-refractivity contribution in [3.8, 4) is 0 Å². The Morgan fingerprint density at radius 3 is 2.56 bits per heavy atom. The number of carbonyl (C=O) groups excluding carboxylic acids is 4. The molecule has 9 nitrogen and oxygen atoms in total. The number of Topliss-reactive ketones (excluding diaryl/α,β-unsaturated/α-hetero) is 2. The highest BCUT2D eigenvalue weighted by Gasteiger charge is 2.34. The summed E-state index contributed by atoms with van der Waals surface area (Å²) in [5.41, 5.74) is 0.266. The molecule has 3 rings (SSSR count).